The molecule has 0 aromatic rings. The van der Waals surface area contributed by atoms with Crippen LogP contribution in [-0.2, 0) is 24.0 Å². The molecule has 358 valence electrons. The minimum Gasteiger partial charge on any atom is -0.368 e. The van der Waals surface area contributed by atoms with Crippen molar-refractivity contribution in [3.63, 3.8) is 0 Å². The Labute approximate surface area is 372 Å². The molecule has 0 aliphatic heterocycles. The summed E-state index contributed by atoms with van der Waals surface area (Å²) in [6, 6.07) is -2.00. The quantitative estimate of drug-likeness (QED) is 0.0283. The van der Waals surface area contributed by atoms with Crippen LogP contribution in [0.3, 0.4) is 0 Å². The van der Waals surface area contributed by atoms with Crippen LogP contribution in [0.15, 0.2) is 0 Å². The van der Waals surface area contributed by atoms with Crippen molar-refractivity contribution in [2.75, 3.05) is 26.2 Å². The maximum atomic E-state index is 13.5. The van der Waals surface area contributed by atoms with Crippen molar-refractivity contribution in [1.29, 1.82) is 0 Å². The van der Waals surface area contributed by atoms with E-state index in [-0.39, 0.29) is 23.6 Å². The molecule has 0 saturated carbocycles. The van der Waals surface area contributed by atoms with Gasteiger partial charge in [-0.05, 0) is 96.7 Å². The molecule has 0 aromatic carbocycles. The van der Waals surface area contributed by atoms with E-state index in [1.54, 1.807) is 0 Å². The van der Waals surface area contributed by atoms with Gasteiger partial charge in [-0.25, -0.2) is 0 Å². The largest absolute Gasteiger partial charge is 0.368 e. The molecule has 0 aliphatic carbocycles. The molecule has 3 unspecified atom stereocenters. The molecule has 0 fully saturated rings. The summed E-state index contributed by atoms with van der Waals surface area (Å²) in [4.78, 5) is 63.6. The highest BCUT2D eigenvalue weighted by atomic mass is 16.2. The summed E-state index contributed by atoms with van der Waals surface area (Å²) in [7, 11) is 0. The third kappa shape index (κ3) is 37.5. The average molecular weight is 865 g/mol. The van der Waals surface area contributed by atoms with Crippen molar-refractivity contribution >= 4 is 29.5 Å². The molecule has 13 nitrogen and oxygen atoms in total. The van der Waals surface area contributed by atoms with E-state index >= 15 is 0 Å². The van der Waals surface area contributed by atoms with E-state index in [9.17, 15) is 24.0 Å². The number of primary amides is 1. The summed E-state index contributed by atoms with van der Waals surface area (Å²) >= 11 is 0. The number of carbonyl (C=O) groups is 5. The van der Waals surface area contributed by atoms with Crippen molar-refractivity contribution in [3.05, 3.63) is 0 Å². The third-order valence-corrected chi connectivity index (χ3v) is 11.7. The van der Waals surface area contributed by atoms with Crippen LogP contribution in [0.25, 0.3) is 0 Å². The number of unbranched alkanes of at least 4 members (excludes halogenated alkanes) is 25. The van der Waals surface area contributed by atoms with E-state index in [2.05, 4.69) is 28.2 Å². The van der Waals surface area contributed by atoms with Gasteiger partial charge in [-0.2, -0.15) is 0 Å². The molecule has 0 bridgehead atoms. The topological polar surface area (TPSA) is 238 Å². The molecular formula is C48H96N8O5. The lowest BCUT2D eigenvalue weighted by molar-refractivity contribution is -0.132. The van der Waals surface area contributed by atoms with Crippen LogP contribution in [0.2, 0.25) is 0 Å². The van der Waals surface area contributed by atoms with Crippen LogP contribution >= 0.6 is 0 Å². The Morgan fingerprint density at radius 1 is 0.377 bits per heavy atom. The zero-order valence-corrected chi connectivity index (χ0v) is 39.2. The highest BCUT2D eigenvalue weighted by Crippen LogP contribution is 2.15. The molecule has 13 heteroatoms. The van der Waals surface area contributed by atoms with Gasteiger partial charge in [0.1, 0.15) is 18.1 Å². The molecule has 0 rings (SSSR count). The minimum atomic E-state index is -0.697. The third-order valence-electron chi connectivity index (χ3n) is 11.7. The maximum absolute atomic E-state index is 13.5. The Morgan fingerprint density at radius 2 is 0.705 bits per heavy atom. The van der Waals surface area contributed by atoms with Gasteiger partial charge >= 0.3 is 0 Å². The van der Waals surface area contributed by atoms with Crippen LogP contribution in [0.4, 0.5) is 0 Å². The highest BCUT2D eigenvalue weighted by molar-refractivity contribution is 5.92. The lowest BCUT2D eigenvalue weighted by atomic mass is 10.0. The van der Waals surface area contributed by atoms with Gasteiger partial charge in [0.2, 0.25) is 29.5 Å². The zero-order chi connectivity index (χ0) is 45.0. The molecule has 0 aromatic heterocycles. The molecule has 0 aliphatic rings. The number of hydrogen-bond acceptors (Lipinski definition) is 8. The van der Waals surface area contributed by atoms with Crippen LogP contribution in [-0.4, -0.2) is 73.8 Å². The summed E-state index contributed by atoms with van der Waals surface area (Å²) in [6.45, 7) is 4.40. The summed E-state index contributed by atoms with van der Waals surface area (Å²) in [5, 5.41) is 11.7. The number of rotatable bonds is 46. The van der Waals surface area contributed by atoms with E-state index in [1.807, 2.05) is 0 Å². The summed E-state index contributed by atoms with van der Waals surface area (Å²) in [6.07, 6.45) is 35.0. The fourth-order valence-corrected chi connectivity index (χ4v) is 7.75. The fourth-order valence-electron chi connectivity index (χ4n) is 7.75. The van der Waals surface area contributed by atoms with E-state index in [0.29, 0.717) is 64.7 Å². The average Bonchev–Trinajstić information content (AvgIpc) is 3.24. The van der Waals surface area contributed by atoms with Crippen molar-refractivity contribution in [3.8, 4) is 0 Å². The summed E-state index contributed by atoms with van der Waals surface area (Å²) in [5.74, 6) is -1.25. The number of nitrogens with one attached hydrogen (secondary N) is 4. The molecule has 0 saturated heterocycles. The Morgan fingerprint density at radius 3 is 1.08 bits per heavy atom. The molecular weight excluding hydrogens is 769 g/mol. The summed E-state index contributed by atoms with van der Waals surface area (Å²) in [5.41, 5.74) is 22.4. The summed E-state index contributed by atoms with van der Waals surface area (Å²) < 4.78 is 0. The first-order valence-electron chi connectivity index (χ1n) is 25.3. The highest BCUT2D eigenvalue weighted by Gasteiger charge is 2.26. The van der Waals surface area contributed by atoms with Gasteiger partial charge in [0, 0.05) is 19.4 Å². The predicted octanol–water partition coefficient (Wildman–Crippen LogP) is 7.59. The van der Waals surface area contributed by atoms with Gasteiger partial charge in [-0.3, -0.25) is 24.0 Å². The normalized spacial score (nSPS) is 12.7. The van der Waals surface area contributed by atoms with E-state index in [0.717, 1.165) is 109 Å². The van der Waals surface area contributed by atoms with E-state index in [1.165, 1.54) is 77.0 Å². The van der Waals surface area contributed by atoms with Crippen LogP contribution < -0.4 is 44.2 Å². The van der Waals surface area contributed by atoms with Crippen molar-refractivity contribution < 1.29 is 24.0 Å². The molecule has 5 amide bonds. The second-order valence-corrected chi connectivity index (χ2v) is 17.5. The number of hydrogen-bond donors (Lipinski definition) is 8. The molecule has 0 heterocycles. The van der Waals surface area contributed by atoms with E-state index in [4.69, 9.17) is 22.9 Å². The van der Waals surface area contributed by atoms with Crippen molar-refractivity contribution in [1.82, 2.24) is 21.3 Å². The first-order valence-corrected chi connectivity index (χ1v) is 25.3. The second-order valence-electron chi connectivity index (χ2n) is 17.5. The predicted molar refractivity (Wildman–Crippen MR) is 252 cm³/mol. The van der Waals surface area contributed by atoms with Crippen molar-refractivity contribution in [2.45, 2.75) is 250 Å². The number of carbonyl (C=O) groups excluding carboxylic acids is 5. The first-order chi connectivity index (χ1) is 29.7. The van der Waals surface area contributed by atoms with Crippen LogP contribution in [0.1, 0.15) is 232 Å². The number of nitrogens with two attached hydrogens (primary N) is 4. The SMILES string of the molecule is CCCCCCCCCCCCCCCCCC(=O)NC(CCCCN)C(=O)NC(CCCCN)C(=O)NCCCCCCCCCCCC(=O)NC(CCCCN)C(N)=O. The standard InChI is InChI=1S/C48H96N8O5/c1-2-3-4-5-6-7-8-9-10-11-12-14-17-21-24-36-45(58)55-43(34-27-30-39-51)48(61)56-42(33-26-29-38-50)47(60)53-40-31-22-19-16-13-15-18-20-23-35-44(57)54-41(46(52)59)32-25-28-37-49/h41-43H,2-40,49-51H2,1H3,(H2,52,59)(H,53,60)(H,54,57)(H,55,58)(H,56,61). The smallest absolute Gasteiger partial charge is 0.243 e. The molecule has 0 spiro atoms. The fraction of sp³-hybridized carbons (Fsp3) is 0.896. The molecule has 61 heavy (non-hydrogen) atoms. The monoisotopic (exact) mass is 865 g/mol. The van der Waals surface area contributed by atoms with Crippen LogP contribution in [0.5, 0.6) is 0 Å². The Hall–Kier alpha value is -2.77. The van der Waals surface area contributed by atoms with Gasteiger partial charge in [0.05, 0.1) is 0 Å². The van der Waals surface area contributed by atoms with Gasteiger partial charge in [0.15, 0.2) is 0 Å². The Kier molecular flexibility index (Phi) is 41.9. The van der Waals surface area contributed by atoms with E-state index < -0.39 is 24.0 Å². The molecule has 12 N–H and O–H groups in total. The van der Waals surface area contributed by atoms with Gasteiger partial charge in [-0.15, -0.1) is 0 Å². The van der Waals surface area contributed by atoms with Crippen molar-refractivity contribution in [2.24, 2.45) is 22.9 Å². The van der Waals surface area contributed by atoms with Crippen LogP contribution in [0, 0.1) is 0 Å². The lowest BCUT2D eigenvalue weighted by Crippen LogP contribution is -2.53. The lowest BCUT2D eigenvalue weighted by Gasteiger charge is -2.23. The first kappa shape index (κ1) is 58.2. The maximum Gasteiger partial charge on any atom is 0.243 e. The van der Waals surface area contributed by atoms with Gasteiger partial charge in [-0.1, -0.05) is 142 Å². The molecule has 0 radical (unpaired) electrons. The molecule has 3 atom stereocenters. The second kappa shape index (κ2) is 43.9. The Bertz CT molecular complexity index is 1080. The van der Waals surface area contributed by atoms with Gasteiger partial charge < -0.3 is 44.2 Å². The zero-order valence-electron chi connectivity index (χ0n) is 39.2. The Balaban J connectivity index is 4.43. The number of amides is 5. The van der Waals surface area contributed by atoms with Gasteiger partial charge in [0.25, 0.3) is 0 Å². The minimum absolute atomic E-state index is 0.113.